The summed E-state index contributed by atoms with van der Waals surface area (Å²) in [5, 5.41) is 12.3. The van der Waals surface area contributed by atoms with Gasteiger partial charge in [0.15, 0.2) is 0 Å². The summed E-state index contributed by atoms with van der Waals surface area (Å²) < 4.78 is 0. The zero-order valence-electron chi connectivity index (χ0n) is 16.1. The lowest BCUT2D eigenvalue weighted by Gasteiger charge is -2.06. The van der Waals surface area contributed by atoms with E-state index >= 15 is 0 Å². The average Bonchev–Trinajstić information content (AvgIpc) is 3.16. The SMILES string of the molecule is CCCCc1ccc(-n2nc3cc(Cl)c(NC(=O)c4ccccc4)cc3n2)cc1. The number of amides is 1. The third kappa shape index (κ3) is 4.30. The summed E-state index contributed by atoms with van der Waals surface area (Å²) in [4.78, 5) is 14.0. The molecule has 4 aromatic rings. The Morgan fingerprint density at radius 2 is 1.69 bits per heavy atom. The van der Waals surface area contributed by atoms with Crippen LogP contribution in [0.25, 0.3) is 16.7 Å². The predicted molar refractivity (Wildman–Crippen MR) is 117 cm³/mol. The number of nitrogens with zero attached hydrogens (tertiary/aromatic N) is 3. The van der Waals surface area contributed by atoms with Gasteiger partial charge >= 0.3 is 0 Å². The number of rotatable bonds is 6. The molecule has 0 fully saturated rings. The largest absolute Gasteiger partial charge is 0.321 e. The third-order valence-electron chi connectivity index (χ3n) is 4.74. The molecule has 1 N–H and O–H groups in total. The van der Waals surface area contributed by atoms with Crippen molar-refractivity contribution in [2.75, 3.05) is 5.32 Å². The molecule has 0 atom stereocenters. The van der Waals surface area contributed by atoms with E-state index in [0.29, 0.717) is 27.3 Å². The van der Waals surface area contributed by atoms with Crippen LogP contribution in [-0.2, 0) is 6.42 Å². The van der Waals surface area contributed by atoms with Crippen molar-refractivity contribution < 1.29 is 4.79 Å². The number of carbonyl (C=O) groups is 1. The number of aromatic nitrogens is 3. The lowest BCUT2D eigenvalue weighted by Crippen LogP contribution is -2.11. The van der Waals surface area contributed by atoms with Gasteiger partial charge in [0.2, 0.25) is 0 Å². The van der Waals surface area contributed by atoms with Crippen LogP contribution < -0.4 is 5.32 Å². The highest BCUT2D eigenvalue weighted by Crippen LogP contribution is 2.27. The molecular formula is C23H21ClN4O. The van der Waals surface area contributed by atoms with Gasteiger partial charge in [-0.05, 0) is 54.8 Å². The predicted octanol–water partition coefficient (Wildman–Crippen LogP) is 5.67. The molecule has 1 aromatic heterocycles. The Labute approximate surface area is 174 Å². The molecule has 0 radical (unpaired) electrons. The van der Waals surface area contributed by atoms with Crippen LogP contribution in [0.3, 0.4) is 0 Å². The molecular weight excluding hydrogens is 384 g/mol. The quantitative estimate of drug-likeness (QED) is 0.450. The van der Waals surface area contributed by atoms with Crippen molar-refractivity contribution in [3.05, 3.63) is 82.9 Å². The first-order chi connectivity index (χ1) is 14.1. The monoisotopic (exact) mass is 404 g/mol. The van der Waals surface area contributed by atoms with Crippen molar-refractivity contribution in [2.24, 2.45) is 0 Å². The molecule has 4 rings (SSSR count). The molecule has 29 heavy (non-hydrogen) atoms. The fraction of sp³-hybridized carbons (Fsp3) is 0.174. The van der Waals surface area contributed by atoms with Gasteiger partial charge in [0.1, 0.15) is 11.0 Å². The number of hydrogen-bond donors (Lipinski definition) is 1. The average molecular weight is 405 g/mol. The van der Waals surface area contributed by atoms with E-state index in [-0.39, 0.29) is 5.91 Å². The number of benzene rings is 3. The number of aryl methyl sites for hydroxylation is 1. The number of unbranched alkanes of at least 4 members (excludes halogenated alkanes) is 1. The molecule has 6 heteroatoms. The van der Waals surface area contributed by atoms with Crippen LogP contribution in [0.1, 0.15) is 35.7 Å². The summed E-state index contributed by atoms with van der Waals surface area (Å²) in [6, 6.07) is 20.7. The molecule has 0 saturated heterocycles. The van der Waals surface area contributed by atoms with E-state index in [4.69, 9.17) is 11.6 Å². The second kappa shape index (κ2) is 8.45. The van der Waals surface area contributed by atoms with Gasteiger partial charge in [-0.3, -0.25) is 4.79 Å². The van der Waals surface area contributed by atoms with Gasteiger partial charge in [-0.1, -0.05) is 55.3 Å². The standard InChI is InChI=1S/C23H21ClN4O/c1-2-3-7-16-10-12-18(13-11-16)28-26-21-14-19(24)20(15-22(21)27-28)25-23(29)17-8-5-4-6-9-17/h4-6,8-15H,2-3,7H2,1H3,(H,25,29). The molecule has 0 bridgehead atoms. The van der Waals surface area contributed by atoms with Gasteiger partial charge in [-0.15, -0.1) is 10.2 Å². The highest BCUT2D eigenvalue weighted by molar-refractivity contribution is 6.34. The van der Waals surface area contributed by atoms with Crippen molar-refractivity contribution in [1.29, 1.82) is 0 Å². The molecule has 0 aliphatic heterocycles. The lowest BCUT2D eigenvalue weighted by molar-refractivity contribution is 0.102. The molecule has 1 amide bonds. The van der Waals surface area contributed by atoms with E-state index in [1.807, 2.05) is 30.3 Å². The summed E-state index contributed by atoms with van der Waals surface area (Å²) in [5.74, 6) is -0.220. The molecule has 3 aromatic carbocycles. The van der Waals surface area contributed by atoms with Crippen LogP contribution in [0.5, 0.6) is 0 Å². The number of hydrogen-bond acceptors (Lipinski definition) is 3. The Kier molecular flexibility index (Phi) is 5.58. The van der Waals surface area contributed by atoms with Crippen LogP contribution >= 0.6 is 11.6 Å². The van der Waals surface area contributed by atoms with Gasteiger partial charge in [-0.25, -0.2) is 0 Å². The van der Waals surface area contributed by atoms with E-state index in [2.05, 4.69) is 34.6 Å². The molecule has 5 nitrogen and oxygen atoms in total. The van der Waals surface area contributed by atoms with Crippen molar-refractivity contribution in [3.8, 4) is 5.69 Å². The van der Waals surface area contributed by atoms with Crippen LogP contribution in [0.4, 0.5) is 5.69 Å². The molecule has 146 valence electrons. The van der Waals surface area contributed by atoms with E-state index in [0.717, 1.165) is 12.1 Å². The molecule has 0 saturated carbocycles. The minimum absolute atomic E-state index is 0.220. The fourth-order valence-electron chi connectivity index (χ4n) is 3.11. The van der Waals surface area contributed by atoms with Crippen molar-refractivity contribution in [2.45, 2.75) is 26.2 Å². The van der Waals surface area contributed by atoms with Crippen molar-refractivity contribution in [3.63, 3.8) is 0 Å². The Hall–Kier alpha value is -3.18. The fourth-order valence-corrected chi connectivity index (χ4v) is 3.32. The molecule has 0 spiro atoms. The smallest absolute Gasteiger partial charge is 0.255 e. The maximum atomic E-state index is 12.4. The highest BCUT2D eigenvalue weighted by atomic mass is 35.5. The van der Waals surface area contributed by atoms with Crippen molar-refractivity contribution >= 4 is 34.2 Å². The van der Waals surface area contributed by atoms with Gasteiger partial charge in [0.25, 0.3) is 5.91 Å². The zero-order chi connectivity index (χ0) is 20.2. The molecule has 0 aliphatic carbocycles. The van der Waals surface area contributed by atoms with E-state index in [1.54, 1.807) is 29.1 Å². The van der Waals surface area contributed by atoms with Crippen LogP contribution in [-0.4, -0.2) is 20.9 Å². The van der Waals surface area contributed by atoms with Gasteiger partial charge in [0, 0.05) is 5.56 Å². The second-order valence-electron chi connectivity index (χ2n) is 6.90. The lowest BCUT2D eigenvalue weighted by atomic mass is 10.1. The summed E-state index contributed by atoms with van der Waals surface area (Å²) >= 11 is 6.37. The number of halogens is 1. The van der Waals surface area contributed by atoms with Crippen LogP contribution in [0.2, 0.25) is 5.02 Å². The Morgan fingerprint density at radius 1 is 1.00 bits per heavy atom. The zero-order valence-corrected chi connectivity index (χ0v) is 16.9. The number of carbonyl (C=O) groups excluding carboxylic acids is 1. The van der Waals surface area contributed by atoms with E-state index in [1.165, 1.54) is 18.4 Å². The second-order valence-corrected chi connectivity index (χ2v) is 7.31. The summed E-state index contributed by atoms with van der Waals surface area (Å²) in [7, 11) is 0. The summed E-state index contributed by atoms with van der Waals surface area (Å²) in [6.07, 6.45) is 3.43. The molecule has 0 unspecified atom stereocenters. The maximum absolute atomic E-state index is 12.4. The van der Waals surface area contributed by atoms with Gasteiger partial charge in [-0.2, -0.15) is 4.80 Å². The topological polar surface area (TPSA) is 59.8 Å². The van der Waals surface area contributed by atoms with E-state index < -0.39 is 0 Å². The minimum Gasteiger partial charge on any atom is -0.321 e. The van der Waals surface area contributed by atoms with E-state index in [9.17, 15) is 4.79 Å². The van der Waals surface area contributed by atoms with Gasteiger partial charge in [0.05, 0.1) is 16.4 Å². The van der Waals surface area contributed by atoms with Gasteiger partial charge < -0.3 is 5.32 Å². The first-order valence-corrected chi connectivity index (χ1v) is 10.0. The summed E-state index contributed by atoms with van der Waals surface area (Å²) in [6.45, 7) is 2.19. The first-order valence-electron chi connectivity index (χ1n) is 9.66. The number of anilines is 1. The molecule has 0 aliphatic rings. The Morgan fingerprint density at radius 3 is 2.38 bits per heavy atom. The molecule has 1 heterocycles. The Bertz CT molecular complexity index is 1140. The van der Waals surface area contributed by atoms with Crippen LogP contribution in [0, 0.1) is 0 Å². The maximum Gasteiger partial charge on any atom is 0.255 e. The minimum atomic E-state index is -0.220. The normalized spacial score (nSPS) is 11.0. The highest BCUT2D eigenvalue weighted by Gasteiger charge is 2.12. The number of fused-ring (bicyclic) bond motifs is 1. The third-order valence-corrected chi connectivity index (χ3v) is 5.05. The van der Waals surface area contributed by atoms with Crippen LogP contribution in [0.15, 0.2) is 66.7 Å². The summed E-state index contributed by atoms with van der Waals surface area (Å²) in [5.41, 5.74) is 4.59. The first kappa shape index (κ1) is 19.2. The Balaban J connectivity index is 1.59. The number of nitrogens with one attached hydrogen (secondary N) is 1. The van der Waals surface area contributed by atoms with Crippen molar-refractivity contribution in [1.82, 2.24) is 15.0 Å².